The van der Waals surface area contributed by atoms with Crippen LogP contribution < -0.4 is 0 Å². The van der Waals surface area contributed by atoms with Gasteiger partial charge in [0.05, 0.1) is 16.5 Å². The number of hydrogen-bond donors (Lipinski definition) is 0. The van der Waals surface area contributed by atoms with Crippen LogP contribution in [0.25, 0.3) is 0 Å². The first kappa shape index (κ1) is 19.7. The molecule has 128 valence electrons. The standard InChI is InChI=1S/C12H5Cl2F7O2/c13-6-2-1-5(3-7(6)14)8(22)4-9(23)10(15,16)11(17,18)12(19,20)21/h1-3H,4H2. The number of Topliss-reactive ketones (excluding diaryl/α,β-unsaturated/α-hetero) is 2. The van der Waals surface area contributed by atoms with E-state index in [9.17, 15) is 40.3 Å². The molecule has 0 aliphatic rings. The number of alkyl halides is 7. The number of hydrogen-bond acceptors (Lipinski definition) is 2. The minimum atomic E-state index is -6.65. The molecule has 0 aliphatic carbocycles. The predicted molar refractivity (Wildman–Crippen MR) is 66.4 cm³/mol. The van der Waals surface area contributed by atoms with Gasteiger partial charge in [0.25, 0.3) is 0 Å². The Balaban J connectivity index is 3.02. The zero-order chi connectivity index (χ0) is 18.2. The monoisotopic (exact) mass is 384 g/mol. The van der Waals surface area contributed by atoms with Gasteiger partial charge in [0.1, 0.15) is 0 Å². The lowest BCUT2D eigenvalue weighted by molar-refractivity contribution is -0.343. The third-order valence-corrected chi connectivity index (χ3v) is 3.40. The summed E-state index contributed by atoms with van der Waals surface area (Å²) in [5.41, 5.74) is -0.445. The molecule has 1 aromatic carbocycles. The van der Waals surface area contributed by atoms with Gasteiger partial charge in [0.2, 0.25) is 5.78 Å². The molecule has 0 atom stereocenters. The normalized spacial score (nSPS) is 13.1. The zero-order valence-corrected chi connectivity index (χ0v) is 12.2. The molecule has 0 aromatic heterocycles. The largest absolute Gasteiger partial charge is 0.460 e. The molecule has 0 unspecified atom stereocenters. The van der Waals surface area contributed by atoms with Gasteiger partial charge >= 0.3 is 18.0 Å². The van der Waals surface area contributed by atoms with E-state index in [0.29, 0.717) is 0 Å². The van der Waals surface area contributed by atoms with Gasteiger partial charge < -0.3 is 0 Å². The van der Waals surface area contributed by atoms with Crippen LogP contribution in [0.15, 0.2) is 18.2 Å². The summed E-state index contributed by atoms with van der Waals surface area (Å²) in [7, 11) is 0. The zero-order valence-electron chi connectivity index (χ0n) is 10.7. The second kappa shape index (κ2) is 6.27. The first-order valence-corrected chi connectivity index (χ1v) is 6.31. The van der Waals surface area contributed by atoms with Crippen molar-refractivity contribution in [1.82, 2.24) is 0 Å². The van der Waals surface area contributed by atoms with Crippen molar-refractivity contribution < 1.29 is 40.3 Å². The Morgan fingerprint density at radius 2 is 1.43 bits per heavy atom. The third-order valence-electron chi connectivity index (χ3n) is 2.66. The molecule has 1 rings (SSSR count). The van der Waals surface area contributed by atoms with E-state index in [0.717, 1.165) is 18.2 Å². The number of rotatable bonds is 5. The maximum absolute atomic E-state index is 13.1. The fourth-order valence-electron chi connectivity index (χ4n) is 1.38. The van der Waals surface area contributed by atoms with E-state index in [4.69, 9.17) is 23.2 Å². The van der Waals surface area contributed by atoms with Crippen LogP contribution in [-0.2, 0) is 4.79 Å². The van der Waals surface area contributed by atoms with Crippen molar-refractivity contribution in [2.24, 2.45) is 0 Å². The molecular formula is C12H5Cl2F7O2. The summed E-state index contributed by atoms with van der Waals surface area (Å²) >= 11 is 11.1. The number of carbonyl (C=O) groups is 2. The third kappa shape index (κ3) is 3.77. The maximum atomic E-state index is 13.1. The molecule has 11 heteroatoms. The van der Waals surface area contributed by atoms with E-state index >= 15 is 0 Å². The second-order valence-corrected chi connectivity index (χ2v) is 5.11. The van der Waals surface area contributed by atoms with Gasteiger partial charge in [-0.2, -0.15) is 30.7 Å². The summed E-state index contributed by atoms with van der Waals surface area (Å²) in [5.74, 6) is -17.0. The van der Waals surface area contributed by atoms with Crippen LogP contribution in [-0.4, -0.2) is 29.6 Å². The summed E-state index contributed by atoms with van der Waals surface area (Å²) < 4.78 is 87.4. The molecule has 0 bridgehead atoms. The van der Waals surface area contributed by atoms with Crippen molar-refractivity contribution in [2.45, 2.75) is 24.4 Å². The van der Waals surface area contributed by atoms with Crippen molar-refractivity contribution >= 4 is 34.8 Å². The molecule has 0 saturated carbocycles. The fraction of sp³-hybridized carbons (Fsp3) is 0.333. The van der Waals surface area contributed by atoms with E-state index in [1.54, 1.807) is 0 Å². The molecule has 1 aromatic rings. The Hall–Kier alpha value is -1.35. The van der Waals surface area contributed by atoms with Gasteiger partial charge in [-0.1, -0.05) is 23.2 Å². The van der Waals surface area contributed by atoms with Crippen molar-refractivity contribution in [3.05, 3.63) is 33.8 Å². The highest BCUT2D eigenvalue weighted by Crippen LogP contribution is 2.47. The van der Waals surface area contributed by atoms with Crippen molar-refractivity contribution in [3.63, 3.8) is 0 Å². The molecule has 0 heterocycles. The lowest BCUT2D eigenvalue weighted by atomic mass is 9.99. The Kier molecular flexibility index (Phi) is 5.37. The molecule has 23 heavy (non-hydrogen) atoms. The Labute approximate surface area is 134 Å². The minimum Gasteiger partial charge on any atom is -0.294 e. The Morgan fingerprint density at radius 3 is 1.87 bits per heavy atom. The second-order valence-electron chi connectivity index (χ2n) is 4.30. The number of ketones is 2. The van der Waals surface area contributed by atoms with Crippen LogP contribution in [0.4, 0.5) is 30.7 Å². The minimum absolute atomic E-state index is 0.0246. The first-order valence-electron chi connectivity index (χ1n) is 5.55. The maximum Gasteiger partial charge on any atom is 0.460 e. The van der Waals surface area contributed by atoms with Gasteiger partial charge in [-0.15, -0.1) is 0 Å². The highest BCUT2D eigenvalue weighted by atomic mass is 35.5. The SMILES string of the molecule is O=C(CC(=O)C(F)(F)C(F)(F)C(F)(F)F)c1ccc(Cl)c(Cl)c1. The van der Waals surface area contributed by atoms with Crippen molar-refractivity contribution in [2.75, 3.05) is 0 Å². The number of halogens is 9. The van der Waals surface area contributed by atoms with Gasteiger partial charge in [-0.3, -0.25) is 9.59 Å². The molecule has 0 fully saturated rings. The van der Waals surface area contributed by atoms with E-state index < -0.39 is 41.6 Å². The molecule has 0 saturated heterocycles. The van der Waals surface area contributed by atoms with Gasteiger partial charge in [0.15, 0.2) is 5.78 Å². The van der Waals surface area contributed by atoms with E-state index in [-0.39, 0.29) is 10.0 Å². The molecule has 0 N–H and O–H groups in total. The first-order chi connectivity index (χ1) is 10.2. The molecular weight excluding hydrogens is 380 g/mol. The van der Waals surface area contributed by atoms with Crippen LogP contribution in [0, 0.1) is 0 Å². The van der Waals surface area contributed by atoms with Crippen LogP contribution in [0.5, 0.6) is 0 Å². The predicted octanol–water partition coefficient (Wildman–Crippen LogP) is 4.97. The lowest BCUT2D eigenvalue weighted by Crippen LogP contribution is -2.56. The molecule has 0 aliphatic heterocycles. The summed E-state index contributed by atoms with van der Waals surface area (Å²) in [4.78, 5) is 22.6. The van der Waals surface area contributed by atoms with E-state index in [1.807, 2.05) is 0 Å². The highest BCUT2D eigenvalue weighted by molar-refractivity contribution is 6.42. The summed E-state index contributed by atoms with van der Waals surface area (Å²) in [6.45, 7) is 0. The average molecular weight is 385 g/mol. The van der Waals surface area contributed by atoms with Gasteiger partial charge in [-0.05, 0) is 18.2 Å². The molecule has 2 nitrogen and oxygen atoms in total. The summed E-state index contributed by atoms with van der Waals surface area (Å²) in [5, 5.41) is -0.221. The van der Waals surface area contributed by atoms with Crippen molar-refractivity contribution in [1.29, 1.82) is 0 Å². The van der Waals surface area contributed by atoms with Crippen LogP contribution in [0.1, 0.15) is 16.8 Å². The summed E-state index contributed by atoms with van der Waals surface area (Å²) in [6, 6.07) is 2.87. The quantitative estimate of drug-likeness (QED) is 0.408. The Morgan fingerprint density at radius 1 is 0.913 bits per heavy atom. The highest BCUT2D eigenvalue weighted by Gasteiger charge is 2.75. The summed E-state index contributed by atoms with van der Waals surface area (Å²) in [6.07, 6.45) is -8.52. The van der Waals surface area contributed by atoms with Crippen molar-refractivity contribution in [3.8, 4) is 0 Å². The molecule has 0 amide bonds. The van der Waals surface area contributed by atoms with E-state index in [2.05, 4.69) is 0 Å². The van der Waals surface area contributed by atoms with E-state index in [1.165, 1.54) is 0 Å². The topological polar surface area (TPSA) is 34.1 Å². The molecule has 0 spiro atoms. The average Bonchev–Trinajstić information content (AvgIpc) is 2.40. The van der Waals surface area contributed by atoms with Gasteiger partial charge in [0, 0.05) is 5.56 Å². The number of carbonyl (C=O) groups excluding carboxylic acids is 2. The van der Waals surface area contributed by atoms with Crippen LogP contribution in [0.2, 0.25) is 10.0 Å². The number of benzene rings is 1. The van der Waals surface area contributed by atoms with Crippen LogP contribution in [0.3, 0.4) is 0 Å². The van der Waals surface area contributed by atoms with Crippen LogP contribution >= 0.6 is 23.2 Å². The molecule has 0 radical (unpaired) electrons. The van der Waals surface area contributed by atoms with Gasteiger partial charge in [-0.25, -0.2) is 0 Å². The smallest absolute Gasteiger partial charge is 0.294 e. The fourth-order valence-corrected chi connectivity index (χ4v) is 1.68. The lowest BCUT2D eigenvalue weighted by Gasteiger charge is -2.26. The Bertz CT molecular complexity index is 641.